The second-order valence-corrected chi connectivity index (χ2v) is 22.1. The standard InChI is InChI=1S/C23H34NSi.C21H19N2O.Ir/c1-22(2,3)15-18-14-20(24-16-21(18)25(7,8)9)17-11-10-12-19(13-17)23(4,5)6;1-13(2)11-15-9-10-22-19(12-15)18-6-4-5-16-17-8-7-14(3)23-21(17)24-20(16)18;/h10,12-14,16H,15H2,1-9H3;4-5,7-10,12-13H,11H2,1-3H3;/q2*-1;. The molecule has 0 saturated heterocycles. The van der Waals surface area contributed by atoms with Crippen molar-refractivity contribution in [2.45, 2.75) is 100 Å². The Morgan fingerprint density at radius 1 is 0.820 bits per heavy atom. The summed E-state index contributed by atoms with van der Waals surface area (Å²) in [7, 11) is -1.42. The van der Waals surface area contributed by atoms with Crippen molar-refractivity contribution in [3.63, 3.8) is 0 Å². The Labute approximate surface area is 314 Å². The molecule has 0 fully saturated rings. The summed E-state index contributed by atoms with van der Waals surface area (Å²) in [6.45, 7) is 27.3. The number of aromatic nitrogens is 3. The number of hydrogen-bond acceptors (Lipinski definition) is 4. The van der Waals surface area contributed by atoms with Crippen molar-refractivity contribution in [1.29, 1.82) is 0 Å². The Hall–Kier alpha value is -3.44. The number of aryl methyl sites for hydroxylation is 1. The van der Waals surface area contributed by atoms with Gasteiger partial charge in [-0.2, -0.15) is 0 Å². The third kappa shape index (κ3) is 9.66. The van der Waals surface area contributed by atoms with Gasteiger partial charge in [-0.1, -0.05) is 109 Å². The van der Waals surface area contributed by atoms with Gasteiger partial charge in [0.05, 0.1) is 13.7 Å². The van der Waals surface area contributed by atoms with Crippen molar-refractivity contribution in [2.75, 3.05) is 0 Å². The Morgan fingerprint density at radius 2 is 1.54 bits per heavy atom. The number of hydrogen-bond donors (Lipinski definition) is 0. The molecule has 265 valence electrons. The molecular weight excluding hydrogens is 807 g/mol. The maximum absolute atomic E-state index is 6.06. The Morgan fingerprint density at radius 3 is 2.20 bits per heavy atom. The van der Waals surface area contributed by atoms with Crippen LogP contribution in [0.1, 0.15) is 77.8 Å². The quantitative estimate of drug-likeness (QED) is 0.124. The van der Waals surface area contributed by atoms with Gasteiger partial charge in [-0.3, -0.25) is 0 Å². The SMILES string of the molecule is CC(C)(C)Cc1cc(-c2[c-]ccc(C(C)(C)C)c2)ncc1[Si](C)(C)C.Cc1ccc2c(n1)oc1c(-c3cc(CC(C)C)ccn3)[c-]ccc12.[Ir]. The molecule has 4 nitrogen and oxygen atoms in total. The van der Waals surface area contributed by atoms with Crippen LogP contribution in [0.2, 0.25) is 19.6 Å². The van der Waals surface area contributed by atoms with E-state index in [1.807, 2.05) is 37.4 Å². The van der Waals surface area contributed by atoms with E-state index in [9.17, 15) is 0 Å². The monoisotopic (exact) mass is 860 g/mol. The van der Waals surface area contributed by atoms with Gasteiger partial charge in [0.1, 0.15) is 0 Å². The average Bonchev–Trinajstić information content (AvgIpc) is 3.37. The first kappa shape index (κ1) is 39.3. The van der Waals surface area contributed by atoms with Gasteiger partial charge in [-0.25, -0.2) is 4.98 Å². The topological polar surface area (TPSA) is 51.8 Å². The summed E-state index contributed by atoms with van der Waals surface area (Å²) < 4.78 is 6.06. The molecule has 0 unspecified atom stereocenters. The number of fused-ring (bicyclic) bond motifs is 3. The molecule has 6 rings (SSSR count). The molecular formula is C44H53IrN3OSi-2. The molecule has 4 heterocycles. The van der Waals surface area contributed by atoms with Gasteiger partial charge < -0.3 is 14.4 Å². The summed E-state index contributed by atoms with van der Waals surface area (Å²) in [6.07, 6.45) is 6.12. The molecule has 0 saturated carbocycles. The first-order valence-electron chi connectivity index (χ1n) is 17.6. The van der Waals surface area contributed by atoms with Crippen LogP contribution < -0.4 is 5.19 Å². The fraction of sp³-hybridized carbons (Fsp3) is 0.386. The van der Waals surface area contributed by atoms with Crippen molar-refractivity contribution < 1.29 is 24.5 Å². The van der Waals surface area contributed by atoms with Gasteiger partial charge >= 0.3 is 0 Å². The fourth-order valence-corrected chi connectivity index (χ4v) is 7.81. The zero-order chi connectivity index (χ0) is 35.7. The molecule has 0 aliphatic heterocycles. The van der Waals surface area contributed by atoms with Crippen molar-refractivity contribution in [2.24, 2.45) is 11.3 Å². The van der Waals surface area contributed by atoms with Crippen LogP contribution in [0.3, 0.4) is 0 Å². The van der Waals surface area contributed by atoms with Crippen LogP contribution in [0.25, 0.3) is 44.6 Å². The number of nitrogens with zero attached hydrogens (tertiary/aromatic N) is 3. The fourth-order valence-electron chi connectivity index (χ4n) is 6.23. The van der Waals surface area contributed by atoms with E-state index in [1.165, 1.54) is 21.9 Å². The van der Waals surface area contributed by atoms with Gasteiger partial charge in [-0.15, -0.1) is 53.6 Å². The van der Waals surface area contributed by atoms with Gasteiger partial charge in [0.15, 0.2) is 0 Å². The molecule has 0 spiro atoms. The van der Waals surface area contributed by atoms with Crippen molar-refractivity contribution in [3.8, 4) is 22.5 Å². The number of rotatable bonds is 6. The summed E-state index contributed by atoms with van der Waals surface area (Å²) in [4.78, 5) is 13.9. The summed E-state index contributed by atoms with van der Waals surface area (Å²) in [5.74, 6) is 0.610. The van der Waals surface area contributed by atoms with E-state index in [1.54, 1.807) is 0 Å². The Balaban J connectivity index is 0.000000220. The van der Waals surface area contributed by atoms with Gasteiger partial charge in [0.2, 0.25) is 5.71 Å². The molecule has 0 atom stereocenters. The zero-order valence-electron chi connectivity index (χ0n) is 32.0. The molecule has 0 aliphatic rings. The van der Waals surface area contributed by atoms with E-state index >= 15 is 0 Å². The zero-order valence-corrected chi connectivity index (χ0v) is 35.4. The molecule has 2 aromatic carbocycles. The van der Waals surface area contributed by atoms with Crippen molar-refractivity contribution in [1.82, 2.24) is 15.0 Å². The number of benzene rings is 2. The van der Waals surface area contributed by atoms with Crippen LogP contribution in [0, 0.1) is 30.4 Å². The second-order valence-electron chi connectivity index (χ2n) is 17.1. The van der Waals surface area contributed by atoms with Gasteiger partial charge in [-0.05, 0) is 71.3 Å². The summed E-state index contributed by atoms with van der Waals surface area (Å²) in [5, 5.41) is 3.57. The maximum Gasteiger partial charge on any atom is 0.216 e. The van der Waals surface area contributed by atoms with Gasteiger partial charge in [0, 0.05) is 43.6 Å². The van der Waals surface area contributed by atoms with Crippen LogP contribution in [0.5, 0.6) is 0 Å². The normalized spacial score (nSPS) is 12.2. The minimum atomic E-state index is -1.42. The molecule has 0 aliphatic carbocycles. The largest absolute Gasteiger partial charge is 0.486 e. The van der Waals surface area contributed by atoms with Crippen molar-refractivity contribution >= 4 is 35.3 Å². The second kappa shape index (κ2) is 15.4. The predicted molar refractivity (Wildman–Crippen MR) is 210 cm³/mol. The number of pyridine rings is 3. The summed E-state index contributed by atoms with van der Waals surface area (Å²) in [5.41, 5.74) is 10.8. The number of furan rings is 1. The third-order valence-electron chi connectivity index (χ3n) is 8.62. The van der Waals surface area contributed by atoms with E-state index in [-0.39, 0.29) is 30.9 Å². The van der Waals surface area contributed by atoms with Crippen LogP contribution in [-0.2, 0) is 38.4 Å². The Kier molecular flexibility index (Phi) is 12.1. The minimum Gasteiger partial charge on any atom is -0.486 e. The molecule has 6 heteroatoms. The van der Waals surface area contributed by atoms with Crippen LogP contribution >= 0.6 is 0 Å². The average molecular weight is 860 g/mol. The predicted octanol–water partition coefficient (Wildman–Crippen LogP) is 11.3. The van der Waals surface area contributed by atoms with E-state index < -0.39 is 8.07 Å². The molecule has 4 aromatic heterocycles. The smallest absolute Gasteiger partial charge is 0.216 e. The van der Waals surface area contributed by atoms with Crippen LogP contribution in [0.4, 0.5) is 0 Å². The first-order valence-corrected chi connectivity index (χ1v) is 21.1. The van der Waals surface area contributed by atoms with Gasteiger partial charge in [0.25, 0.3) is 0 Å². The van der Waals surface area contributed by atoms with E-state index in [4.69, 9.17) is 9.40 Å². The molecule has 1 radical (unpaired) electrons. The Bertz CT molecular complexity index is 2080. The summed E-state index contributed by atoms with van der Waals surface area (Å²) in [6, 6.07) is 27.7. The maximum atomic E-state index is 6.06. The third-order valence-corrected chi connectivity index (χ3v) is 10.7. The first-order chi connectivity index (χ1) is 22.9. The molecule has 50 heavy (non-hydrogen) atoms. The molecule has 6 aromatic rings. The molecule has 0 bridgehead atoms. The van der Waals surface area contributed by atoms with E-state index in [0.717, 1.165) is 57.4 Å². The van der Waals surface area contributed by atoms with E-state index in [2.05, 4.69) is 140 Å². The molecule has 0 amide bonds. The van der Waals surface area contributed by atoms with Crippen LogP contribution in [0.15, 0.2) is 77.5 Å². The molecule has 0 N–H and O–H groups in total. The van der Waals surface area contributed by atoms with E-state index in [0.29, 0.717) is 11.6 Å². The summed E-state index contributed by atoms with van der Waals surface area (Å²) >= 11 is 0. The van der Waals surface area contributed by atoms with Crippen LogP contribution in [-0.4, -0.2) is 23.0 Å². The minimum absolute atomic E-state index is 0. The van der Waals surface area contributed by atoms with Crippen molar-refractivity contribution in [3.05, 3.63) is 108 Å².